The van der Waals surface area contributed by atoms with Crippen LogP contribution in [0.2, 0.25) is 0 Å². The van der Waals surface area contributed by atoms with Crippen molar-refractivity contribution in [3.63, 3.8) is 0 Å². The molecule has 0 aromatic rings. The zero-order chi connectivity index (χ0) is 12.1. The first kappa shape index (κ1) is 13.4. The van der Waals surface area contributed by atoms with E-state index in [4.69, 9.17) is 4.74 Å². The lowest BCUT2D eigenvalue weighted by Crippen LogP contribution is -2.42. The van der Waals surface area contributed by atoms with Crippen molar-refractivity contribution >= 4 is 0 Å². The Bertz CT molecular complexity index is 213. The Labute approximate surface area is 107 Å². The van der Waals surface area contributed by atoms with Crippen molar-refractivity contribution in [2.24, 2.45) is 5.41 Å². The van der Waals surface area contributed by atoms with Crippen molar-refractivity contribution in [3.05, 3.63) is 0 Å². The van der Waals surface area contributed by atoms with Crippen LogP contribution in [-0.2, 0) is 4.74 Å². The maximum atomic E-state index is 5.47. The fourth-order valence-corrected chi connectivity index (χ4v) is 3.77. The summed E-state index contributed by atoms with van der Waals surface area (Å²) in [7, 11) is 0. The van der Waals surface area contributed by atoms with Gasteiger partial charge in [-0.15, -0.1) is 0 Å². The zero-order valence-corrected chi connectivity index (χ0v) is 11.6. The van der Waals surface area contributed by atoms with E-state index >= 15 is 0 Å². The van der Waals surface area contributed by atoms with Gasteiger partial charge in [0.15, 0.2) is 0 Å². The molecule has 2 aliphatic rings. The Balaban J connectivity index is 1.68. The van der Waals surface area contributed by atoms with Crippen LogP contribution >= 0.6 is 0 Å². The smallest absolute Gasteiger partial charge is 0.0616 e. The van der Waals surface area contributed by atoms with E-state index < -0.39 is 0 Å². The zero-order valence-electron chi connectivity index (χ0n) is 11.6. The average molecular weight is 239 g/mol. The molecule has 1 unspecified atom stereocenters. The summed E-state index contributed by atoms with van der Waals surface area (Å²) >= 11 is 0. The van der Waals surface area contributed by atoms with Gasteiger partial charge in [0.1, 0.15) is 0 Å². The molecule has 17 heavy (non-hydrogen) atoms. The van der Waals surface area contributed by atoms with Crippen LogP contribution in [0.5, 0.6) is 0 Å². The summed E-state index contributed by atoms with van der Waals surface area (Å²) in [5.41, 5.74) is 0.765. The highest BCUT2D eigenvalue weighted by molar-refractivity contribution is 4.91. The monoisotopic (exact) mass is 239 g/mol. The number of hydrogen-bond donors (Lipinski definition) is 1. The van der Waals surface area contributed by atoms with Crippen LogP contribution in [0.3, 0.4) is 0 Å². The Kier molecular flexibility index (Phi) is 4.87. The van der Waals surface area contributed by atoms with Gasteiger partial charge in [-0.25, -0.2) is 0 Å². The van der Waals surface area contributed by atoms with Gasteiger partial charge in [0.2, 0.25) is 0 Å². The van der Waals surface area contributed by atoms with Gasteiger partial charge in [-0.3, -0.25) is 0 Å². The van der Waals surface area contributed by atoms with Crippen molar-refractivity contribution in [2.45, 2.75) is 77.3 Å². The summed E-state index contributed by atoms with van der Waals surface area (Å²) in [6.07, 6.45) is 11.7. The molecule has 0 aliphatic heterocycles. The molecule has 0 amide bonds. The average Bonchev–Trinajstić information content (AvgIpc) is 2.79. The van der Waals surface area contributed by atoms with Gasteiger partial charge in [0.05, 0.1) is 6.61 Å². The van der Waals surface area contributed by atoms with Crippen molar-refractivity contribution in [1.82, 2.24) is 5.32 Å². The van der Waals surface area contributed by atoms with Crippen LogP contribution in [0.4, 0.5) is 0 Å². The molecular weight excluding hydrogens is 210 g/mol. The van der Waals surface area contributed by atoms with E-state index in [-0.39, 0.29) is 0 Å². The fraction of sp³-hybridized carbons (Fsp3) is 1.00. The summed E-state index contributed by atoms with van der Waals surface area (Å²) in [6.45, 7) is 6.00. The minimum atomic E-state index is 0.512. The van der Waals surface area contributed by atoms with Gasteiger partial charge in [0.25, 0.3) is 0 Å². The SMILES string of the molecule is CCOCC(C)NC1CCC2(CCCC2)CC1. The molecule has 2 heteroatoms. The third-order valence-electron chi connectivity index (χ3n) is 4.80. The van der Waals surface area contributed by atoms with Crippen LogP contribution in [-0.4, -0.2) is 25.3 Å². The highest BCUT2D eigenvalue weighted by Crippen LogP contribution is 2.48. The van der Waals surface area contributed by atoms with Gasteiger partial charge >= 0.3 is 0 Å². The lowest BCUT2D eigenvalue weighted by Gasteiger charge is -2.38. The largest absolute Gasteiger partial charge is 0.380 e. The van der Waals surface area contributed by atoms with E-state index in [2.05, 4.69) is 19.2 Å². The lowest BCUT2D eigenvalue weighted by atomic mass is 9.71. The molecule has 1 spiro atoms. The highest BCUT2D eigenvalue weighted by Gasteiger charge is 2.37. The lowest BCUT2D eigenvalue weighted by molar-refractivity contribution is 0.110. The van der Waals surface area contributed by atoms with Crippen LogP contribution in [0.1, 0.15) is 65.2 Å². The number of nitrogens with one attached hydrogen (secondary N) is 1. The third kappa shape index (κ3) is 3.69. The van der Waals surface area contributed by atoms with E-state index in [0.717, 1.165) is 24.7 Å². The van der Waals surface area contributed by atoms with E-state index in [1.165, 1.54) is 51.4 Å². The Morgan fingerprint density at radius 1 is 1.18 bits per heavy atom. The van der Waals surface area contributed by atoms with Gasteiger partial charge in [-0.1, -0.05) is 12.8 Å². The highest BCUT2D eigenvalue weighted by atomic mass is 16.5. The van der Waals surface area contributed by atoms with E-state index in [1.54, 1.807) is 0 Å². The van der Waals surface area contributed by atoms with Crippen LogP contribution in [0.25, 0.3) is 0 Å². The standard InChI is InChI=1S/C15H29NO/c1-3-17-12-13(2)16-14-6-10-15(11-7-14)8-4-5-9-15/h13-14,16H,3-12H2,1-2H3. The van der Waals surface area contributed by atoms with Crippen LogP contribution in [0, 0.1) is 5.41 Å². The molecule has 100 valence electrons. The molecule has 0 saturated heterocycles. The number of hydrogen-bond acceptors (Lipinski definition) is 2. The predicted molar refractivity (Wildman–Crippen MR) is 72.2 cm³/mol. The first-order valence-electron chi connectivity index (χ1n) is 7.58. The maximum absolute atomic E-state index is 5.47. The summed E-state index contributed by atoms with van der Waals surface area (Å²) in [5, 5.41) is 3.73. The molecule has 0 bridgehead atoms. The van der Waals surface area contributed by atoms with Crippen molar-refractivity contribution < 1.29 is 4.74 Å². The summed E-state index contributed by atoms with van der Waals surface area (Å²) in [6, 6.07) is 1.26. The molecule has 2 aliphatic carbocycles. The molecule has 0 heterocycles. The Morgan fingerprint density at radius 2 is 1.82 bits per heavy atom. The number of ether oxygens (including phenoxy) is 1. The second kappa shape index (κ2) is 6.19. The molecular formula is C15H29NO. The van der Waals surface area contributed by atoms with Gasteiger partial charge < -0.3 is 10.1 Å². The molecule has 2 saturated carbocycles. The van der Waals surface area contributed by atoms with Crippen LogP contribution < -0.4 is 5.32 Å². The molecule has 0 aromatic heterocycles. The predicted octanol–water partition coefficient (Wildman–Crippen LogP) is 3.50. The molecule has 0 radical (unpaired) electrons. The van der Waals surface area contributed by atoms with Crippen molar-refractivity contribution in [1.29, 1.82) is 0 Å². The number of rotatable bonds is 5. The minimum Gasteiger partial charge on any atom is -0.380 e. The van der Waals surface area contributed by atoms with E-state index in [1.807, 2.05) is 0 Å². The van der Waals surface area contributed by atoms with Gasteiger partial charge in [-0.05, 0) is 57.8 Å². The van der Waals surface area contributed by atoms with Crippen molar-refractivity contribution in [3.8, 4) is 0 Å². The molecule has 0 aromatic carbocycles. The van der Waals surface area contributed by atoms with Crippen molar-refractivity contribution in [2.75, 3.05) is 13.2 Å². The molecule has 2 nitrogen and oxygen atoms in total. The first-order valence-corrected chi connectivity index (χ1v) is 7.58. The van der Waals surface area contributed by atoms with Crippen LogP contribution in [0.15, 0.2) is 0 Å². The molecule has 1 N–H and O–H groups in total. The second-order valence-electron chi connectivity index (χ2n) is 6.21. The maximum Gasteiger partial charge on any atom is 0.0616 e. The Morgan fingerprint density at radius 3 is 2.41 bits per heavy atom. The molecule has 2 rings (SSSR count). The topological polar surface area (TPSA) is 21.3 Å². The first-order chi connectivity index (χ1) is 8.24. The molecule has 2 fully saturated rings. The van der Waals surface area contributed by atoms with E-state index in [9.17, 15) is 0 Å². The molecule has 1 atom stereocenters. The van der Waals surface area contributed by atoms with Gasteiger partial charge in [-0.2, -0.15) is 0 Å². The Hall–Kier alpha value is -0.0800. The second-order valence-corrected chi connectivity index (χ2v) is 6.21. The normalized spacial score (nSPS) is 26.5. The van der Waals surface area contributed by atoms with Gasteiger partial charge in [0, 0.05) is 18.7 Å². The summed E-state index contributed by atoms with van der Waals surface area (Å²) < 4.78 is 5.47. The quantitative estimate of drug-likeness (QED) is 0.793. The fourth-order valence-electron chi connectivity index (χ4n) is 3.77. The summed E-state index contributed by atoms with van der Waals surface area (Å²) in [5.74, 6) is 0. The van der Waals surface area contributed by atoms with E-state index in [0.29, 0.717) is 6.04 Å². The third-order valence-corrected chi connectivity index (χ3v) is 4.80. The summed E-state index contributed by atoms with van der Waals surface area (Å²) in [4.78, 5) is 0. The minimum absolute atomic E-state index is 0.512.